The van der Waals surface area contributed by atoms with Crippen LogP contribution >= 0.6 is 0 Å². The van der Waals surface area contributed by atoms with Crippen molar-refractivity contribution in [1.82, 2.24) is 0 Å². The van der Waals surface area contributed by atoms with Crippen LogP contribution in [0.25, 0.3) is 5.57 Å². The van der Waals surface area contributed by atoms with Gasteiger partial charge in [0.25, 0.3) is 0 Å². The van der Waals surface area contributed by atoms with Crippen LogP contribution in [-0.4, -0.2) is 27.5 Å². The molecule has 0 saturated heterocycles. The van der Waals surface area contributed by atoms with Crippen molar-refractivity contribution in [3.63, 3.8) is 0 Å². The molecule has 0 radical (unpaired) electrons. The molecular weight excluding hydrogens is 316 g/mol. The van der Waals surface area contributed by atoms with Gasteiger partial charge in [-0.3, -0.25) is 4.28 Å². The molecule has 2 rings (SSSR count). The van der Waals surface area contributed by atoms with Gasteiger partial charge in [0.1, 0.15) is 17.5 Å². The molecule has 0 heterocycles. The van der Waals surface area contributed by atoms with Crippen LogP contribution in [0.1, 0.15) is 5.56 Å². The third-order valence-corrected chi connectivity index (χ3v) is 3.27. The molecule has 7 heteroatoms. The summed E-state index contributed by atoms with van der Waals surface area (Å²) in [6, 6.07) is 9.30. The number of allylic oxidation sites excluding steroid dienone is 6. The van der Waals surface area contributed by atoms with Gasteiger partial charge in [0.2, 0.25) is 0 Å². The number of hydrogen-bond donors (Lipinski definition) is 0. The molecule has 0 saturated carbocycles. The Bertz CT molecular complexity index is 836. The minimum atomic E-state index is -3.64. The second-order valence-corrected chi connectivity index (χ2v) is 6.19. The Morgan fingerprint density at radius 1 is 1.13 bits per heavy atom. The predicted octanol–water partition coefficient (Wildman–Crippen LogP) is 2.43. The molecule has 0 fully saturated rings. The zero-order chi connectivity index (χ0) is 16.9. The van der Waals surface area contributed by atoms with Crippen molar-refractivity contribution in [2.45, 2.75) is 0 Å². The first-order valence-corrected chi connectivity index (χ1v) is 8.36. The van der Waals surface area contributed by atoms with Gasteiger partial charge in [0.15, 0.2) is 0 Å². The fraction of sp³-hybridized carbons (Fsp3) is 0.125. The molecule has 0 atom stereocenters. The van der Waals surface area contributed by atoms with Gasteiger partial charge in [-0.25, -0.2) is 0 Å². The quantitative estimate of drug-likeness (QED) is 0.625. The fourth-order valence-electron chi connectivity index (χ4n) is 1.85. The molecule has 0 aliphatic heterocycles. The molecule has 6 nitrogen and oxygen atoms in total. The average molecular weight is 330 g/mol. The lowest BCUT2D eigenvalue weighted by atomic mass is 9.97. The van der Waals surface area contributed by atoms with Crippen LogP contribution in [0.15, 0.2) is 59.3 Å². The van der Waals surface area contributed by atoms with E-state index in [4.69, 9.17) is 4.74 Å². The smallest absolute Gasteiger partial charge is 0.325 e. The molecule has 118 valence electrons. The van der Waals surface area contributed by atoms with E-state index in [-0.39, 0.29) is 0 Å². The van der Waals surface area contributed by atoms with Crippen molar-refractivity contribution in [3.8, 4) is 11.8 Å². The highest BCUT2D eigenvalue weighted by molar-refractivity contribution is 7.85. The van der Waals surface area contributed by atoms with E-state index >= 15 is 0 Å². The summed E-state index contributed by atoms with van der Waals surface area (Å²) in [5, 5.41) is 12.9. The Morgan fingerprint density at radius 2 is 1.74 bits per heavy atom. The lowest BCUT2D eigenvalue weighted by Gasteiger charge is -2.07. The predicted molar refractivity (Wildman–Crippen MR) is 87.2 cm³/mol. The van der Waals surface area contributed by atoms with E-state index in [9.17, 15) is 13.7 Å². The molecule has 0 aromatic heterocycles. The molecule has 1 aliphatic rings. The maximum atomic E-state index is 10.9. The number of hydrogen-bond acceptors (Lipinski definition) is 6. The lowest BCUT2D eigenvalue weighted by Crippen LogP contribution is -2.01. The molecule has 0 N–H and O–H groups in total. The Morgan fingerprint density at radius 3 is 2.22 bits per heavy atom. The van der Waals surface area contributed by atoms with Crippen molar-refractivity contribution >= 4 is 21.4 Å². The highest BCUT2D eigenvalue weighted by atomic mass is 32.2. The van der Waals surface area contributed by atoms with Gasteiger partial charge in [-0.2, -0.15) is 13.7 Å². The number of ether oxygens (including phenoxy) is 1. The van der Waals surface area contributed by atoms with E-state index in [1.807, 2.05) is 0 Å². The van der Waals surface area contributed by atoms with Crippen molar-refractivity contribution in [2.24, 2.45) is 5.16 Å². The van der Waals surface area contributed by atoms with E-state index in [1.54, 1.807) is 55.7 Å². The molecule has 1 aromatic rings. The molecule has 23 heavy (non-hydrogen) atoms. The van der Waals surface area contributed by atoms with Gasteiger partial charge in [0.05, 0.1) is 18.9 Å². The largest absolute Gasteiger partial charge is 0.497 e. The Hall–Kier alpha value is -2.85. The number of nitriles is 1. The van der Waals surface area contributed by atoms with Gasteiger partial charge in [-0.1, -0.05) is 17.3 Å². The third-order valence-electron chi connectivity index (χ3n) is 2.92. The minimum absolute atomic E-state index is 0.339. The summed E-state index contributed by atoms with van der Waals surface area (Å²) in [5.74, 6) is 0.707. The van der Waals surface area contributed by atoms with Gasteiger partial charge in [-0.05, 0) is 47.6 Å². The zero-order valence-electron chi connectivity index (χ0n) is 12.6. The van der Waals surface area contributed by atoms with Gasteiger partial charge in [-0.15, -0.1) is 0 Å². The van der Waals surface area contributed by atoms with Crippen LogP contribution in [0.5, 0.6) is 5.75 Å². The summed E-state index contributed by atoms with van der Waals surface area (Å²) in [6.07, 6.45) is 7.40. The summed E-state index contributed by atoms with van der Waals surface area (Å²) >= 11 is 0. The summed E-state index contributed by atoms with van der Waals surface area (Å²) in [5.41, 5.74) is 2.27. The van der Waals surface area contributed by atoms with Crippen molar-refractivity contribution < 1.29 is 17.4 Å². The number of methoxy groups -OCH3 is 1. The SMILES string of the molecule is COc1ccc(C(C#N)=C2C=CC(=NOS(C)(=O)=O)C=C2)cc1. The van der Waals surface area contributed by atoms with Crippen LogP contribution in [0, 0.1) is 11.3 Å². The lowest BCUT2D eigenvalue weighted by molar-refractivity contribution is 0.344. The zero-order valence-corrected chi connectivity index (χ0v) is 13.4. The maximum Gasteiger partial charge on any atom is 0.325 e. The van der Waals surface area contributed by atoms with Gasteiger partial charge < -0.3 is 4.74 Å². The standard InChI is InChI=1S/C16H14N2O4S/c1-21-15-9-5-13(6-10-15)16(11-17)12-3-7-14(8-4-12)18-22-23(2,19)20/h3-10H,1-2H3. The summed E-state index contributed by atoms with van der Waals surface area (Å²) in [6.45, 7) is 0. The molecular formula is C16H14N2O4S. The van der Waals surface area contributed by atoms with Crippen molar-refractivity contribution in [1.29, 1.82) is 5.26 Å². The molecule has 0 spiro atoms. The average Bonchev–Trinajstić information content (AvgIpc) is 2.55. The Kier molecular flexibility index (Phi) is 4.98. The van der Waals surface area contributed by atoms with Crippen LogP contribution in [-0.2, 0) is 14.4 Å². The second-order valence-electron chi connectivity index (χ2n) is 4.63. The minimum Gasteiger partial charge on any atom is -0.497 e. The first kappa shape index (κ1) is 16.5. The van der Waals surface area contributed by atoms with Crippen LogP contribution < -0.4 is 4.74 Å². The number of nitrogens with zero attached hydrogens (tertiary/aromatic N) is 2. The molecule has 0 bridgehead atoms. The molecule has 0 amide bonds. The highest BCUT2D eigenvalue weighted by Gasteiger charge is 2.09. The summed E-state index contributed by atoms with van der Waals surface area (Å²) in [7, 11) is -2.07. The van der Waals surface area contributed by atoms with Gasteiger partial charge >= 0.3 is 10.1 Å². The topological polar surface area (TPSA) is 88.8 Å². The van der Waals surface area contributed by atoms with Crippen LogP contribution in [0.4, 0.5) is 0 Å². The van der Waals surface area contributed by atoms with E-state index in [0.717, 1.165) is 11.8 Å². The van der Waals surface area contributed by atoms with E-state index in [2.05, 4.69) is 15.5 Å². The molecule has 0 unspecified atom stereocenters. The van der Waals surface area contributed by atoms with E-state index < -0.39 is 10.1 Å². The fourth-order valence-corrected chi connectivity index (χ4v) is 2.07. The van der Waals surface area contributed by atoms with Crippen LogP contribution in [0.2, 0.25) is 0 Å². The Labute approximate surface area is 134 Å². The normalized spacial score (nSPS) is 13.4. The van der Waals surface area contributed by atoms with Crippen molar-refractivity contribution in [2.75, 3.05) is 13.4 Å². The molecule has 1 aliphatic carbocycles. The van der Waals surface area contributed by atoms with Crippen molar-refractivity contribution in [3.05, 3.63) is 59.7 Å². The Balaban J connectivity index is 2.28. The van der Waals surface area contributed by atoms with Crippen LogP contribution in [0.3, 0.4) is 0 Å². The molecule has 1 aromatic carbocycles. The second kappa shape index (κ2) is 6.94. The summed E-state index contributed by atoms with van der Waals surface area (Å²) in [4.78, 5) is 0. The summed E-state index contributed by atoms with van der Waals surface area (Å²) < 4.78 is 31.2. The maximum absolute atomic E-state index is 10.9. The monoisotopic (exact) mass is 330 g/mol. The third kappa shape index (κ3) is 4.56. The highest BCUT2D eigenvalue weighted by Crippen LogP contribution is 2.24. The number of benzene rings is 1. The first-order valence-electron chi connectivity index (χ1n) is 6.54. The number of rotatable bonds is 4. The first-order chi connectivity index (χ1) is 10.9. The van der Waals surface area contributed by atoms with E-state index in [1.165, 1.54) is 0 Å². The van der Waals surface area contributed by atoms with E-state index in [0.29, 0.717) is 22.6 Å². The number of oxime groups is 1. The van der Waals surface area contributed by atoms with Gasteiger partial charge in [0, 0.05) is 0 Å².